The Kier molecular flexibility index (Phi) is 5.22. The fourth-order valence-corrected chi connectivity index (χ4v) is 2.59. The van der Waals surface area contributed by atoms with Gasteiger partial charge >= 0.3 is 5.97 Å². The number of aromatic nitrogens is 1. The minimum absolute atomic E-state index is 0.345. The Labute approximate surface area is 151 Å². The second-order valence-electron chi connectivity index (χ2n) is 5.86. The van der Waals surface area contributed by atoms with Gasteiger partial charge in [-0.3, -0.25) is 4.79 Å². The highest BCUT2D eigenvalue weighted by Crippen LogP contribution is 2.19. The molecule has 0 radical (unpaired) electrons. The number of benzene rings is 2. The van der Waals surface area contributed by atoms with E-state index in [1.165, 1.54) is 0 Å². The van der Waals surface area contributed by atoms with Gasteiger partial charge in [0.1, 0.15) is 5.75 Å². The fraction of sp³-hybridized carbons (Fsp3) is 0.200. The van der Waals surface area contributed by atoms with Crippen molar-refractivity contribution in [2.24, 2.45) is 0 Å². The van der Waals surface area contributed by atoms with Crippen LogP contribution < -0.4 is 10.1 Å². The summed E-state index contributed by atoms with van der Waals surface area (Å²) in [6.07, 6.45) is 0.698. The molecule has 1 aromatic heterocycles. The number of fused-ring (bicyclic) bond motifs is 1. The van der Waals surface area contributed by atoms with E-state index in [1.54, 1.807) is 20.2 Å². The zero-order valence-electron chi connectivity index (χ0n) is 14.6. The third-order valence-corrected chi connectivity index (χ3v) is 4.09. The number of ether oxygens (including phenoxy) is 2. The normalized spacial score (nSPS) is 11.8. The molecule has 0 aliphatic heterocycles. The van der Waals surface area contributed by atoms with Crippen molar-refractivity contribution in [3.63, 3.8) is 0 Å². The van der Waals surface area contributed by atoms with Gasteiger partial charge in [-0.1, -0.05) is 30.3 Å². The molecule has 0 bridgehead atoms. The molecule has 2 aromatic carbocycles. The van der Waals surface area contributed by atoms with Gasteiger partial charge in [0, 0.05) is 23.6 Å². The number of aromatic amines is 1. The molecule has 0 saturated carbocycles. The predicted molar refractivity (Wildman–Crippen MR) is 98.0 cm³/mol. The summed E-state index contributed by atoms with van der Waals surface area (Å²) in [6, 6.07) is 14.8. The molecular formula is C20H20N2O4. The number of esters is 1. The number of rotatable bonds is 6. The molecule has 0 aliphatic rings. The van der Waals surface area contributed by atoms with Crippen LogP contribution in [0.25, 0.3) is 10.9 Å². The van der Waals surface area contributed by atoms with Crippen molar-refractivity contribution in [1.82, 2.24) is 10.3 Å². The van der Waals surface area contributed by atoms with Crippen LogP contribution >= 0.6 is 0 Å². The molecule has 1 amide bonds. The first-order valence-electron chi connectivity index (χ1n) is 8.26. The first-order chi connectivity index (χ1) is 12.6. The van der Waals surface area contributed by atoms with E-state index in [1.807, 2.05) is 48.5 Å². The van der Waals surface area contributed by atoms with E-state index in [-0.39, 0.29) is 5.91 Å². The summed E-state index contributed by atoms with van der Waals surface area (Å²) >= 11 is 0. The molecule has 134 valence electrons. The van der Waals surface area contributed by atoms with Crippen LogP contribution in [0.3, 0.4) is 0 Å². The van der Waals surface area contributed by atoms with Crippen LogP contribution in [0.2, 0.25) is 0 Å². The first-order valence-corrected chi connectivity index (χ1v) is 8.26. The molecule has 1 heterocycles. The van der Waals surface area contributed by atoms with Gasteiger partial charge in [-0.25, -0.2) is 4.79 Å². The van der Waals surface area contributed by atoms with Crippen molar-refractivity contribution in [3.05, 3.63) is 65.9 Å². The van der Waals surface area contributed by atoms with Crippen LogP contribution in [0.4, 0.5) is 0 Å². The minimum atomic E-state index is -0.894. The SMILES string of the molecule is COc1ccc(CNC(=O)[C@H](C)OC(=O)c2c[nH]c3ccccc23)cc1. The van der Waals surface area contributed by atoms with E-state index in [4.69, 9.17) is 9.47 Å². The Morgan fingerprint density at radius 1 is 1.12 bits per heavy atom. The number of hydrogen-bond donors (Lipinski definition) is 2. The maximum Gasteiger partial charge on any atom is 0.341 e. The second kappa shape index (κ2) is 7.74. The molecule has 1 atom stereocenters. The van der Waals surface area contributed by atoms with Gasteiger partial charge in [0.05, 0.1) is 12.7 Å². The maximum atomic E-state index is 12.3. The van der Waals surface area contributed by atoms with Crippen LogP contribution in [0, 0.1) is 0 Å². The number of carbonyl (C=O) groups excluding carboxylic acids is 2. The highest BCUT2D eigenvalue weighted by molar-refractivity contribution is 6.04. The summed E-state index contributed by atoms with van der Waals surface area (Å²) < 4.78 is 10.4. The highest BCUT2D eigenvalue weighted by atomic mass is 16.5. The van der Waals surface area contributed by atoms with Gasteiger partial charge in [0.15, 0.2) is 6.10 Å². The summed E-state index contributed by atoms with van der Waals surface area (Å²) in [5.74, 6) is -0.135. The smallest absolute Gasteiger partial charge is 0.341 e. The predicted octanol–water partition coefficient (Wildman–Crippen LogP) is 3.04. The first kappa shape index (κ1) is 17.5. The fourth-order valence-electron chi connectivity index (χ4n) is 2.59. The molecule has 2 N–H and O–H groups in total. The van der Waals surface area contributed by atoms with Gasteiger partial charge in [0.25, 0.3) is 5.91 Å². The van der Waals surface area contributed by atoms with Crippen LogP contribution in [0.1, 0.15) is 22.8 Å². The molecule has 3 aromatic rings. The lowest BCUT2D eigenvalue weighted by atomic mass is 10.2. The van der Waals surface area contributed by atoms with Crippen molar-refractivity contribution < 1.29 is 19.1 Å². The van der Waals surface area contributed by atoms with E-state index in [0.717, 1.165) is 22.2 Å². The Morgan fingerprint density at radius 2 is 1.85 bits per heavy atom. The molecule has 0 fully saturated rings. The number of para-hydroxylation sites is 1. The molecule has 6 heteroatoms. The number of H-pyrrole nitrogens is 1. The number of amides is 1. The lowest BCUT2D eigenvalue weighted by Crippen LogP contribution is -2.35. The van der Waals surface area contributed by atoms with E-state index in [9.17, 15) is 9.59 Å². The standard InChI is InChI=1S/C20H20N2O4/c1-13(19(23)22-11-14-7-9-15(25-2)10-8-14)26-20(24)17-12-21-18-6-4-3-5-16(17)18/h3-10,12-13,21H,11H2,1-2H3,(H,22,23)/t13-/m0/s1. The summed E-state index contributed by atoms with van der Waals surface area (Å²) in [5.41, 5.74) is 2.18. The van der Waals surface area contributed by atoms with E-state index in [2.05, 4.69) is 10.3 Å². The monoisotopic (exact) mass is 352 g/mol. The van der Waals surface area contributed by atoms with Gasteiger partial charge in [-0.15, -0.1) is 0 Å². The van der Waals surface area contributed by atoms with Crippen molar-refractivity contribution in [3.8, 4) is 5.75 Å². The third kappa shape index (κ3) is 3.85. The molecular weight excluding hydrogens is 332 g/mol. The number of nitrogens with one attached hydrogen (secondary N) is 2. The number of methoxy groups -OCH3 is 1. The zero-order valence-corrected chi connectivity index (χ0v) is 14.6. The summed E-state index contributed by atoms with van der Waals surface area (Å²) in [4.78, 5) is 27.5. The van der Waals surface area contributed by atoms with Crippen LogP contribution in [-0.2, 0) is 16.1 Å². The van der Waals surface area contributed by atoms with Gasteiger partial charge < -0.3 is 19.8 Å². The third-order valence-electron chi connectivity index (χ3n) is 4.09. The average molecular weight is 352 g/mol. The van der Waals surface area contributed by atoms with Crippen molar-refractivity contribution >= 4 is 22.8 Å². The molecule has 0 aliphatic carbocycles. The lowest BCUT2D eigenvalue weighted by Gasteiger charge is -2.13. The van der Waals surface area contributed by atoms with Crippen LogP contribution in [0.15, 0.2) is 54.7 Å². The van der Waals surface area contributed by atoms with Gasteiger partial charge in [0.2, 0.25) is 0 Å². The lowest BCUT2D eigenvalue weighted by molar-refractivity contribution is -0.129. The van der Waals surface area contributed by atoms with E-state index < -0.39 is 12.1 Å². The largest absolute Gasteiger partial charge is 0.497 e. The second-order valence-corrected chi connectivity index (χ2v) is 5.86. The Bertz CT molecular complexity index is 915. The molecule has 0 spiro atoms. The molecule has 26 heavy (non-hydrogen) atoms. The average Bonchev–Trinajstić information content (AvgIpc) is 3.10. The number of hydrogen-bond acceptors (Lipinski definition) is 4. The van der Waals surface area contributed by atoms with Crippen LogP contribution in [-0.4, -0.2) is 30.1 Å². The summed E-state index contributed by atoms with van der Waals surface area (Å²) in [7, 11) is 1.60. The molecule has 0 unspecified atom stereocenters. The van der Waals surface area contributed by atoms with Gasteiger partial charge in [-0.2, -0.15) is 0 Å². The Balaban J connectivity index is 1.57. The van der Waals surface area contributed by atoms with Crippen LogP contribution in [0.5, 0.6) is 5.75 Å². The Hall–Kier alpha value is -3.28. The zero-order chi connectivity index (χ0) is 18.5. The molecule has 3 rings (SSSR count). The van der Waals surface area contributed by atoms with Gasteiger partial charge in [-0.05, 0) is 30.7 Å². The highest BCUT2D eigenvalue weighted by Gasteiger charge is 2.20. The maximum absolute atomic E-state index is 12.3. The van der Waals surface area contributed by atoms with Crippen molar-refractivity contribution in [1.29, 1.82) is 0 Å². The van der Waals surface area contributed by atoms with E-state index >= 15 is 0 Å². The molecule has 0 saturated heterocycles. The molecule has 6 nitrogen and oxygen atoms in total. The Morgan fingerprint density at radius 3 is 2.58 bits per heavy atom. The van der Waals surface area contributed by atoms with Crippen molar-refractivity contribution in [2.75, 3.05) is 7.11 Å². The van der Waals surface area contributed by atoms with E-state index in [0.29, 0.717) is 12.1 Å². The van der Waals surface area contributed by atoms with Crippen molar-refractivity contribution in [2.45, 2.75) is 19.6 Å². The quantitative estimate of drug-likeness (QED) is 0.668. The number of carbonyl (C=O) groups is 2. The topological polar surface area (TPSA) is 80.4 Å². The summed E-state index contributed by atoms with van der Waals surface area (Å²) in [5, 5.41) is 3.53. The minimum Gasteiger partial charge on any atom is -0.497 e. The summed E-state index contributed by atoms with van der Waals surface area (Å²) in [6.45, 7) is 1.90.